The molecule has 0 saturated heterocycles. The first kappa shape index (κ1) is 10.6. The van der Waals surface area contributed by atoms with Gasteiger partial charge in [0.25, 0.3) is 0 Å². The van der Waals surface area contributed by atoms with Crippen molar-refractivity contribution in [2.24, 2.45) is 5.84 Å². The van der Waals surface area contributed by atoms with Gasteiger partial charge in [-0.15, -0.1) is 0 Å². The van der Waals surface area contributed by atoms with Crippen LogP contribution in [0.15, 0.2) is 22.7 Å². The minimum Gasteiger partial charge on any atom is -0.271 e. The smallest absolute Gasteiger partial charge is 0.137 e. The molecule has 0 bridgehead atoms. The van der Waals surface area contributed by atoms with Crippen molar-refractivity contribution in [2.75, 3.05) is 0 Å². The van der Waals surface area contributed by atoms with Gasteiger partial charge in [-0.05, 0) is 40.9 Å². The zero-order valence-electron chi connectivity index (χ0n) is 7.35. The molecule has 1 rings (SSSR count). The third-order valence-electron chi connectivity index (χ3n) is 1.84. The predicted octanol–water partition coefficient (Wildman–Crippen LogP) is 1.98. The first-order valence-electron chi connectivity index (χ1n) is 4.04. The van der Waals surface area contributed by atoms with Crippen LogP contribution in [0.2, 0.25) is 0 Å². The van der Waals surface area contributed by atoms with E-state index < -0.39 is 0 Å². The number of rotatable bonds is 3. The first-order chi connectivity index (χ1) is 6.15. The third-order valence-corrected chi connectivity index (χ3v) is 2.73. The minimum atomic E-state index is -0.235. The summed E-state index contributed by atoms with van der Waals surface area (Å²) in [5.41, 5.74) is 3.54. The summed E-state index contributed by atoms with van der Waals surface area (Å²) in [7, 11) is 0. The van der Waals surface area contributed by atoms with Crippen LogP contribution in [0.5, 0.6) is 0 Å². The van der Waals surface area contributed by atoms with E-state index in [9.17, 15) is 4.39 Å². The molecular weight excluding hydrogens is 235 g/mol. The number of halogens is 2. The van der Waals surface area contributed by atoms with E-state index >= 15 is 0 Å². The molecule has 0 heterocycles. The van der Waals surface area contributed by atoms with Crippen molar-refractivity contribution in [3.63, 3.8) is 0 Å². The molecule has 0 aliphatic carbocycles. The first-order valence-corrected chi connectivity index (χ1v) is 4.83. The van der Waals surface area contributed by atoms with Crippen molar-refractivity contribution in [3.8, 4) is 0 Å². The van der Waals surface area contributed by atoms with E-state index in [1.807, 2.05) is 13.0 Å². The van der Waals surface area contributed by atoms with E-state index in [1.54, 1.807) is 6.07 Å². The second-order valence-corrected chi connectivity index (χ2v) is 3.78. The van der Waals surface area contributed by atoms with Crippen LogP contribution in [0.4, 0.5) is 4.39 Å². The average molecular weight is 247 g/mol. The molecular formula is C9H12BrFN2. The molecule has 0 aliphatic heterocycles. The van der Waals surface area contributed by atoms with Gasteiger partial charge in [0.2, 0.25) is 0 Å². The van der Waals surface area contributed by atoms with Crippen LogP contribution in [0.3, 0.4) is 0 Å². The van der Waals surface area contributed by atoms with Crippen molar-refractivity contribution in [1.82, 2.24) is 5.43 Å². The fourth-order valence-corrected chi connectivity index (χ4v) is 1.52. The lowest BCUT2D eigenvalue weighted by Gasteiger charge is -2.11. The maximum Gasteiger partial charge on any atom is 0.137 e. The van der Waals surface area contributed by atoms with Gasteiger partial charge in [-0.2, -0.15) is 0 Å². The topological polar surface area (TPSA) is 38.0 Å². The van der Waals surface area contributed by atoms with E-state index in [2.05, 4.69) is 21.4 Å². The maximum atomic E-state index is 13.0. The molecule has 0 aromatic heterocycles. The second kappa shape index (κ2) is 4.69. The van der Waals surface area contributed by atoms with Gasteiger partial charge in [0.05, 0.1) is 4.47 Å². The van der Waals surface area contributed by atoms with Crippen LogP contribution in [-0.4, -0.2) is 6.04 Å². The monoisotopic (exact) mass is 246 g/mol. The Morgan fingerprint density at radius 3 is 2.92 bits per heavy atom. The molecule has 13 heavy (non-hydrogen) atoms. The molecule has 1 aromatic rings. The lowest BCUT2D eigenvalue weighted by molar-refractivity contribution is 0.561. The number of hydrogen-bond donors (Lipinski definition) is 2. The van der Waals surface area contributed by atoms with Crippen molar-refractivity contribution >= 4 is 15.9 Å². The van der Waals surface area contributed by atoms with Crippen LogP contribution in [0.1, 0.15) is 12.5 Å². The molecule has 0 fully saturated rings. The van der Waals surface area contributed by atoms with Gasteiger partial charge in [0, 0.05) is 6.04 Å². The summed E-state index contributed by atoms with van der Waals surface area (Å²) in [5, 5.41) is 0. The lowest BCUT2D eigenvalue weighted by Crippen LogP contribution is -2.34. The molecule has 0 saturated carbocycles. The summed E-state index contributed by atoms with van der Waals surface area (Å²) in [6, 6.07) is 5.13. The summed E-state index contributed by atoms with van der Waals surface area (Å²) in [5.74, 6) is 5.01. The van der Waals surface area contributed by atoms with Crippen molar-refractivity contribution in [3.05, 3.63) is 34.1 Å². The molecule has 72 valence electrons. The molecule has 1 unspecified atom stereocenters. The number of hydrogen-bond acceptors (Lipinski definition) is 2. The van der Waals surface area contributed by atoms with E-state index in [0.717, 1.165) is 5.56 Å². The Kier molecular flexibility index (Phi) is 3.84. The van der Waals surface area contributed by atoms with Gasteiger partial charge in [0.1, 0.15) is 5.82 Å². The molecule has 0 amide bonds. The highest BCUT2D eigenvalue weighted by molar-refractivity contribution is 9.10. The summed E-state index contributed by atoms with van der Waals surface area (Å²) >= 11 is 3.19. The summed E-state index contributed by atoms with van der Waals surface area (Å²) in [4.78, 5) is 0. The second-order valence-electron chi connectivity index (χ2n) is 2.98. The Morgan fingerprint density at radius 1 is 1.62 bits per heavy atom. The van der Waals surface area contributed by atoms with Gasteiger partial charge in [0.15, 0.2) is 0 Å². The molecule has 0 spiro atoms. The molecule has 4 heteroatoms. The molecule has 1 atom stereocenters. The Hall–Kier alpha value is -0.450. The van der Waals surface area contributed by atoms with Crippen molar-refractivity contribution in [2.45, 2.75) is 19.4 Å². The Balaban J connectivity index is 2.83. The van der Waals surface area contributed by atoms with Crippen molar-refractivity contribution < 1.29 is 4.39 Å². The zero-order valence-corrected chi connectivity index (χ0v) is 8.94. The Bertz CT molecular complexity index is 291. The maximum absolute atomic E-state index is 13.0. The molecule has 0 radical (unpaired) electrons. The summed E-state index contributed by atoms with van der Waals surface area (Å²) in [6.07, 6.45) is 0.703. The lowest BCUT2D eigenvalue weighted by atomic mass is 10.1. The minimum absolute atomic E-state index is 0.137. The fraction of sp³-hybridized carbons (Fsp3) is 0.333. The SMILES string of the molecule is CC(Cc1cccc(F)c1Br)NN. The normalized spacial score (nSPS) is 12.9. The average Bonchev–Trinajstić information content (AvgIpc) is 2.13. The van der Waals surface area contributed by atoms with Crippen LogP contribution in [0, 0.1) is 5.82 Å². The van der Waals surface area contributed by atoms with E-state index in [-0.39, 0.29) is 11.9 Å². The van der Waals surface area contributed by atoms with Crippen LogP contribution >= 0.6 is 15.9 Å². The highest BCUT2D eigenvalue weighted by atomic mass is 79.9. The Labute approximate surface area is 85.4 Å². The van der Waals surface area contributed by atoms with Gasteiger partial charge < -0.3 is 0 Å². The number of nitrogens with two attached hydrogens (primary N) is 1. The standard InChI is InChI=1S/C9H12BrFN2/c1-6(13-12)5-7-3-2-4-8(11)9(7)10/h2-4,6,13H,5,12H2,1H3. The molecule has 3 N–H and O–H groups in total. The van der Waals surface area contributed by atoms with Gasteiger partial charge in [-0.1, -0.05) is 12.1 Å². The van der Waals surface area contributed by atoms with Crippen LogP contribution in [0.25, 0.3) is 0 Å². The predicted molar refractivity (Wildman–Crippen MR) is 54.6 cm³/mol. The Morgan fingerprint density at radius 2 is 2.31 bits per heavy atom. The van der Waals surface area contributed by atoms with Gasteiger partial charge in [-0.25, -0.2) is 4.39 Å². The van der Waals surface area contributed by atoms with Gasteiger partial charge >= 0.3 is 0 Å². The number of nitrogens with one attached hydrogen (secondary N) is 1. The molecule has 2 nitrogen and oxygen atoms in total. The molecule has 1 aromatic carbocycles. The van der Waals surface area contributed by atoms with Crippen molar-refractivity contribution in [1.29, 1.82) is 0 Å². The van der Waals surface area contributed by atoms with E-state index in [1.165, 1.54) is 6.07 Å². The van der Waals surface area contributed by atoms with E-state index in [4.69, 9.17) is 5.84 Å². The summed E-state index contributed by atoms with van der Waals surface area (Å²) < 4.78 is 13.6. The van der Waals surface area contributed by atoms with Crippen LogP contribution in [-0.2, 0) is 6.42 Å². The highest BCUT2D eigenvalue weighted by Crippen LogP contribution is 2.21. The van der Waals surface area contributed by atoms with Crippen LogP contribution < -0.4 is 11.3 Å². The fourth-order valence-electron chi connectivity index (χ4n) is 1.09. The third kappa shape index (κ3) is 2.76. The number of hydrazine groups is 1. The number of benzene rings is 1. The quantitative estimate of drug-likeness (QED) is 0.633. The van der Waals surface area contributed by atoms with Gasteiger partial charge in [-0.3, -0.25) is 11.3 Å². The largest absolute Gasteiger partial charge is 0.271 e. The summed E-state index contributed by atoms with van der Waals surface area (Å²) in [6.45, 7) is 1.94. The molecule has 0 aliphatic rings. The highest BCUT2D eigenvalue weighted by Gasteiger charge is 2.07. The zero-order chi connectivity index (χ0) is 9.84. The van der Waals surface area contributed by atoms with E-state index in [0.29, 0.717) is 10.9 Å².